The van der Waals surface area contributed by atoms with Crippen molar-refractivity contribution < 1.29 is 19.1 Å². The molecule has 0 amide bonds. The predicted octanol–water partition coefficient (Wildman–Crippen LogP) is 2.29. The number of unbranched alkanes of at least 4 members (excludes halogenated alkanes) is 3. The maximum Gasteiger partial charge on any atom is 0.332 e. The number of hydrogen-bond acceptors (Lipinski definition) is 7. The molecular formula is C22H39N3O4. The van der Waals surface area contributed by atoms with E-state index in [1.807, 2.05) is 11.9 Å². The van der Waals surface area contributed by atoms with Crippen molar-refractivity contribution in [3.63, 3.8) is 0 Å². The maximum absolute atomic E-state index is 11.8. The van der Waals surface area contributed by atoms with Crippen LogP contribution in [0.15, 0.2) is 24.4 Å². The summed E-state index contributed by atoms with van der Waals surface area (Å²) in [6.45, 7) is 9.25. The largest absolute Gasteiger partial charge is 0.463 e. The van der Waals surface area contributed by atoms with Crippen LogP contribution in [0, 0.1) is 0 Å². The molecule has 1 aliphatic rings. The lowest BCUT2D eigenvalue weighted by Crippen LogP contribution is -2.45. The lowest BCUT2D eigenvalue weighted by Gasteiger charge is -2.32. The van der Waals surface area contributed by atoms with Crippen molar-refractivity contribution in [2.75, 3.05) is 66.6 Å². The quantitative estimate of drug-likeness (QED) is 0.248. The van der Waals surface area contributed by atoms with E-state index in [1.54, 1.807) is 19.2 Å². The maximum atomic E-state index is 11.8. The molecule has 1 saturated heterocycles. The minimum Gasteiger partial charge on any atom is -0.463 e. The summed E-state index contributed by atoms with van der Waals surface area (Å²) in [5.74, 6) is -0.589. The van der Waals surface area contributed by atoms with Crippen LogP contribution in [0.5, 0.6) is 0 Å². The second kappa shape index (κ2) is 16.0. The van der Waals surface area contributed by atoms with Crippen LogP contribution in [0.25, 0.3) is 0 Å². The first-order valence-corrected chi connectivity index (χ1v) is 10.8. The highest BCUT2D eigenvalue weighted by atomic mass is 16.5. The first kappa shape index (κ1) is 25.2. The molecule has 0 aromatic carbocycles. The average molecular weight is 410 g/mol. The molecule has 166 valence electrons. The third-order valence-corrected chi connectivity index (χ3v) is 4.88. The molecule has 0 aromatic rings. The normalized spacial score (nSPS) is 15.8. The summed E-state index contributed by atoms with van der Waals surface area (Å²) in [7, 11) is 4.15. The Morgan fingerprint density at radius 1 is 0.897 bits per heavy atom. The molecule has 1 heterocycles. The Balaban J connectivity index is 1.96. The van der Waals surface area contributed by atoms with E-state index in [4.69, 9.17) is 9.47 Å². The molecular weight excluding hydrogens is 370 g/mol. The van der Waals surface area contributed by atoms with E-state index in [9.17, 15) is 9.59 Å². The number of allylic oxidation sites excluding steroid dienone is 1. The van der Waals surface area contributed by atoms with E-state index in [-0.39, 0.29) is 11.9 Å². The van der Waals surface area contributed by atoms with Crippen molar-refractivity contribution in [2.24, 2.45) is 0 Å². The number of esters is 2. The molecule has 0 aliphatic carbocycles. The molecule has 0 N–H and O–H groups in total. The molecule has 1 rings (SSSR count). The van der Waals surface area contributed by atoms with E-state index < -0.39 is 0 Å². The van der Waals surface area contributed by atoms with E-state index in [1.165, 1.54) is 12.2 Å². The molecule has 0 spiro atoms. The van der Waals surface area contributed by atoms with Crippen molar-refractivity contribution in [3.05, 3.63) is 24.4 Å². The number of carbonyl (C=O) groups excluding carboxylic acids is 2. The monoisotopic (exact) mass is 409 g/mol. The highest BCUT2D eigenvalue weighted by molar-refractivity contribution is 5.82. The standard InChI is InChI=1S/C22H39N3O4/c1-4-10-21(26)28-19-7-5-6-8-20-29-22(27)11-14-23(2)12-9-13-25-17-15-24(3)16-18-25/h4,10-11,14H,5-9,12-13,15-20H2,1-3H3/b10-4+,14-11+. The Labute approximate surface area is 176 Å². The lowest BCUT2D eigenvalue weighted by atomic mass is 10.2. The van der Waals surface area contributed by atoms with Gasteiger partial charge in [-0.2, -0.15) is 0 Å². The fourth-order valence-corrected chi connectivity index (χ4v) is 3.01. The van der Waals surface area contributed by atoms with Crippen molar-refractivity contribution in [2.45, 2.75) is 39.0 Å². The Kier molecular flexibility index (Phi) is 13.9. The molecule has 7 heteroatoms. The van der Waals surface area contributed by atoms with Crippen LogP contribution < -0.4 is 0 Å². The van der Waals surface area contributed by atoms with Gasteiger partial charge in [0.2, 0.25) is 0 Å². The fraction of sp³-hybridized carbons (Fsp3) is 0.727. The molecule has 7 nitrogen and oxygen atoms in total. The summed E-state index contributed by atoms with van der Waals surface area (Å²) in [5.41, 5.74) is 0. The van der Waals surface area contributed by atoms with E-state index in [2.05, 4.69) is 16.8 Å². The van der Waals surface area contributed by atoms with Crippen molar-refractivity contribution in [1.29, 1.82) is 0 Å². The van der Waals surface area contributed by atoms with Gasteiger partial charge < -0.3 is 24.2 Å². The van der Waals surface area contributed by atoms with Gasteiger partial charge in [-0.25, -0.2) is 9.59 Å². The highest BCUT2D eigenvalue weighted by Crippen LogP contribution is 2.02. The van der Waals surface area contributed by atoms with Crippen LogP contribution in [0.4, 0.5) is 0 Å². The van der Waals surface area contributed by atoms with Gasteiger partial charge in [-0.3, -0.25) is 0 Å². The van der Waals surface area contributed by atoms with Gasteiger partial charge in [-0.05, 0) is 52.6 Å². The molecule has 0 saturated carbocycles. The third-order valence-electron chi connectivity index (χ3n) is 4.88. The molecule has 0 bridgehead atoms. The zero-order chi connectivity index (χ0) is 21.3. The minimum absolute atomic E-state index is 0.294. The van der Waals surface area contributed by atoms with E-state index >= 15 is 0 Å². The number of rotatable bonds is 14. The zero-order valence-corrected chi connectivity index (χ0v) is 18.5. The molecule has 0 aromatic heterocycles. The molecule has 0 atom stereocenters. The van der Waals surface area contributed by atoms with Crippen LogP contribution in [-0.4, -0.2) is 93.2 Å². The molecule has 1 fully saturated rings. The topological polar surface area (TPSA) is 62.3 Å². The van der Waals surface area contributed by atoms with Gasteiger partial charge in [-0.1, -0.05) is 6.08 Å². The van der Waals surface area contributed by atoms with Crippen LogP contribution in [0.3, 0.4) is 0 Å². The fourth-order valence-electron chi connectivity index (χ4n) is 3.01. The zero-order valence-electron chi connectivity index (χ0n) is 18.5. The summed E-state index contributed by atoms with van der Waals surface area (Å²) in [5, 5.41) is 0. The predicted molar refractivity (Wildman–Crippen MR) is 116 cm³/mol. The number of nitrogens with zero attached hydrogens (tertiary/aromatic N) is 3. The van der Waals surface area contributed by atoms with Crippen LogP contribution in [0.2, 0.25) is 0 Å². The first-order valence-electron chi connectivity index (χ1n) is 10.8. The van der Waals surface area contributed by atoms with E-state index in [0.29, 0.717) is 13.2 Å². The van der Waals surface area contributed by atoms with Crippen molar-refractivity contribution >= 4 is 11.9 Å². The number of likely N-dealkylation sites (N-methyl/N-ethyl adjacent to an activating group) is 1. The smallest absolute Gasteiger partial charge is 0.332 e. The van der Waals surface area contributed by atoms with Crippen molar-refractivity contribution in [1.82, 2.24) is 14.7 Å². The number of hydrogen-bond donors (Lipinski definition) is 0. The Hall–Kier alpha value is -1.86. The SMILES string of the molecule is C/C=C/C(=O)OCCCCCCOC(=O)/C=C/N(C)CCCN1CCN(C)CC1. The van der Waals surface area contributed by atoms with Gasteiger partial charge in [0.1, 0.15) is 0 Å². The van der Waals surface area contributed by atoms with Gasteiger partial charge in [0.25, 0.3) is 0 Å². The molecule has 0 unspecified atom stereocenters. The average Bonchev–Trinajstić information content (AvgIpc) is 2.70. The van der Waals surface area contributed by atoms with Gasteiger partial charge in [0, 0.05) is 58.1 Å². The number of carbonyl (C=O) groups is 2. The van der Waals surface area contributed by atoms with Crippen LogP contribution >= 0.6 is 0 Å². The van der Waals surface area contributed by atoms with Gasteiger partial charge in [0.05, 0.1) is 13.2 Å². The Bertz CT molecular complexity index is 514. The Morgan fingerprint density at radius 3 is 2.07 bits per heavy atom. The number of ether oxygens (including phenoxy) is 2. The van der Waals surface area contributed by atoms with Gasteiger partial charge in [0.15, 0.2) is 0 Å². The molecule has 29 heavy (non-hydrogen) atoms. The third kappa shape index (κ3) is 13.9. The molecule has 0 radical (unpaired) electrons. The minimum atomic E-state index is -0.295. The summed E-state index contributed by atoms with van der Waals surface area (Å²) in [6, 6.07) is 0. The first-order chi connectivity index (χ1) is 14.0. The summed E-state index contributed by atoms with van der Waals surface area (Å²) in [6.07, 6.45) is 11.0. The van der Waals surface area contributed by atoms with Crippen LogP contribution in [0.1, 0.15) is 39.0 Å². The van der Waals surface area contributed by atoms with Gasteiger partial charge >= 0.3 is 11.9 Å². The highest BCUT2D eigenvalue weighted by Gasteiger charge is 2.12. The lowest BCUT2D eigenvalue weighted by molar-refractivity contribution is -0.139. The summed E-state index contributed by atoms with van der Waals surface area (Å²) < 4.78 is 10.2. The summed E-state index contributed by atoms with van der Waals surface area (Å²) in [4.78, 5) is 29.8. The second-order valence-electron chi connectivity index (χ2n) is 7.54. The summed E-state index contributed by atoms with van der Waals surface area (Å²) >= 11 is 0. The number of piperazine rings is 1. The van der Waals surface area contributed by atoms with Crippen LogP contribution in [-0.2, 0) is 19.1 Å². The van der Waals surface area contributed by atoms with Gasteiger partial charge in [-0.15, -0.1) is 0 Å². The second-order valence-corrected chi connectivity index (χ2v) is 7.54. The van der Waals surface area contributed by atoms with Crippen molar-refractivity contribution in [3.8, 4) is 0 Å². The molecule has 1 aliphatic heterocycles. The Morgan fingerprint density at radius 2 is 1.48 bits per heavy atom. The van der Waals surface area contributed by atoms with E-state index in [0.717, 1.165) is 71.4 Å².